The van der Waals surface area contributed by atoms with E-state index in [0.29, 0.717) is 30.1 Å². The van der Waals surface area contributed by atoms with Crippen molar-refractivity contribution in [1.82, 2.24) is 20.0 Å². The maximum Gasteiger partial charge on any atom is 0.325 e. The molecule has 5 atom stereocenters. The van der Waals surface area contributed by atoms with Gasteiger partial charge in [0.25, 0.3) is 5.91 Å². The molecule has 4 saturated heterocycles. The highest BCUT2D eigenvalue weighted by atomic mass is 16.3. The molecule has 1 N–H and O–H groups in total. The first-order valence-corrected chi connectivity index (χ1v) is 13.0. The zero-order valence-electron chi connectivity index (χ0n) is 19.7. The number of nitrogens with zero attached hydrogens (tertiary/aromatic N) is 3. The summed E-state index contributed by atoms with van der Waals surface area (Å²) in [6.45, 7) is 3.21. The predicted octanol–water partition coefficient (Wildman–Crippen LogP) is 2.90. The monoisotopic (exact) mass is 466 g/mol. The van der Waals surface area contributed by atoms with E-state index in [1.54, 1.807) is 12.1 Å². The Balaban J connectivity index is 1.11. The predicted molar refractivity (Wildman–Crippen MR) is 124 cm³/mol. The molecule has 0 aromatic carbocycles. The number of likely N-dealkylation sites (tertiary alicyclic amines) is 1. The fourth-order valence-electron chi connectivity index (χ4n) is 7.15. The zero-order chi connectivity index (χ0) is 23.2. The number of hydrogen-bond donors (Lipinski definition) is 1. The van der Waals surface area contributed by atoms with Crippen LogP contribution in [-0.2, 0) is 16.1 Å². The van der Waals surface area contributed by atoms with Crippen molar-refractivity contribution in [3.05, 3.63) is 35.8 Å². The molecule has 8 heteroatoms. The van der Waals surface area contributed by atoms with E-state index in [9.17, 15) is 14.4 Å². The Morgan fingerprint density at radius 3 is 2.94 bits per heavy atom. The molecule has 0 saturated carbocycles. The molecule has 0 radical (unpaired) electrons. The summed E-state index contributed by atoms with van der Waals surface area (Å²) in [7, 11) is 0. The van der Waals surface area contributed by atoms with Gasteiger partial charge in [0, 0.05) is 25.6 Å². The van der Waals surface area contributed by atoms with Crippen LogP contribution in [0.15, 0.2) is 34.5 Å². The van der Waals surface area contributed by atoms with Crippen LogP contribution in [-0.4, -0.2) is 70.3 Å². The van der Waals surface area contributed by atoms with Crippen LogP contribution in [0, 0.1) is 11.8 Å². The van der Waals surface area contributed by atoms with Gasteiger partial charge in [0.1, 0.15) is 11.8 Å². The number of carbonyl (C=O) groups excluding carboxylic acids is 3. The number of urea groups is 1. The summed E-state index contributed by atoms with van der Waals surface area (Å²) in [6.07, 6.45) is 11.9. The Hall–Kier alpha value is -2.61. The van der Waals surface area contributed by atoms with Crippen LogP contribution >= 0.6 is 0 Å². The maximum absolute atomic E-state index is 13.4. The SMILES string of the molecule is O=C1N[C@H](CCC(=O)N2CCCC3=C[C@H]4C[C@@H](CN5CCCC[C@@H]45)[C@H]32)C(=O)N1Cc1ccco1. The van der Waals surface area contributed by atoms with Crippen LogP contribution < -0.4 is 5.32 Å². The molecule has 6 rings (SSSR count). The minimum Gasteiger partial charge on any atom is -0.467 e. The molecule has 4 amide bonds. The third kappa shape index (κ3) is 3.85. The lowest BCUT2D eigenvalue weighted by atomic mass is 9.68. The van der Waals surface area contributed by atoms with E-state index in [-0.39, 0.29) is 30.8 Å². The molecule has 4 aliphatic heterocycles. The smallest absolute Gasteiger partial charge is 0.325 e. The Kier molecular flexibility index (Phi) is 5.71. The number of amides is 4. The molecule has 0 unspecified atom stereocenters. The quantitative estimate of drug-likeness (QED) is 0.533. The standard InChI is InChI=1S/C26H34N4O4/c31-23(9-8-21-25(32)30(26(33)27-21)16-20-6-4-12-34-20)29-11-3-5-17-13-18-14-19(24(17)29)15-28-10-2-1-7-22(18)28/h4,6,12-13,18-19,21-22,24H,1-3,5,7-11,14-16H2,(H,27,33)/t18-,19-,21+,22-,24-/m0/s1. The van der Waals surface area contributed by atoms with Gasteiger partial charge in [0.2, 0.25) is 5.91 Å². The van der Waals surface area contributed by atoms with Crippen molar-refractivity contribution in [2.24, 2.45) is 11.8 Å². The molecule has 2 bridgehead atoms. The van der Waals surface area contributed by atoms with Crippen LogP contribution in [0.4, 0.5) is 4.79 Å². The minimum absolute atomic E-state index is 0.112. The largest absolute Gasteiger partial charge is 0.467 e. The molecule has 8 nitrogen and oxygen atoms in total. The van der Waals surface area contributed by atoms with E-state index in [0.717, 1.165) is 25.9 Å². The van der Waals surface area contributed by atoms with Gasteiger partial charge in [-0.05, 0) is 69.0 Å². The van der Waals surface area contributed by atoms with E-state index in [1.165, 1.54) is 49.0 Å². The summed E-state index contributed by atoms with van der Waals surface area (Å²) in [5.41, 5.74) is 1.47. The van der Waals surface area contributed by atoms with Crippen LogP contribution in [0.25, 0.3) is 0 Å². The summed E-state index contributed by atoms with van der Waals surface area (Å²) in [5, 5.41) is 2.75. The molecule has 1 aliphatic carbocycles. The van der Waals surface area contributed by atoms with Gasteiger partial charge in [-0.3, -0.25) is 19.4 Å². The maximum atomic E-state index is 13.4. The lowest BCUT2D eigenvalue weighted by Gasteiger charge is -2.54. The van der Waals surface area contributed by atoms with Gasteiger partial charge in [-0.25, -0.2) is 4.79 Å². The first kappa shape index (κ1) is 21.9. The minimum atomic E-state index is -0.647. The van der Waals surface area contributed by atoms with Crippen molar-refractivity contribution >= 4 is 17.8 Å². The van der Waals surface area contributed by atoms with Crippen LogP contribution in [0.1, 0.15) is 57.1 Å². The number of piperidine rings is 3. The number of furan rings is 1. The molecule has 5 heterocycles. The normalized spacial score (nSPS) is 33.3. The molecule has 5 aliphatic rings. The molecular weight excluding hydrogens is 432 g/mol. The fraction of sp³-hybridized carbons (Fsp3) is 0.654. The van der Waals surface area contributed by atoms with Gasteiger partial charge in [-0.15, -0.1) is 0 Å². The topological polar surface area (TPSA) is 86.1 Å². The van der Waals surface area contributed by atoms with E-state index in [1.807, 2.05) is 0 Å². The molecule has 4 fully saturated rings. The summed E-state index contributed by atoms with van der Waals surface area (Å²) >= 11 is 0. The van der Waals surface area contributed by atoms with Crippen molar-refractivity contribution in [3.63, 3.8) is 0 Å². The van der Waals surface area contributed by atoms with E-state index >= 15 is 0 Å². The third-order valence-corrected chi connectivity index (χ3v) is 8.63. The number of hydrogen-bond acceptors (Lipinski definition) is 5. The number of rotatable bonds is 5. The Morgan fingerprint density at radius 2 is 2.09 bits per heavy atom. The molecule has 34 heavy (non-hydrogen) atoms. The molecule has 182 valence electrons. The van der Waals surface area contributed by atoms with Gasteiger partial charge < -0.3 is 14.6 Å². The number of imide groups is 1. The lowest BCUT2D eigenvalue weighted by Crippen LogP contribution is -2.60. The molecule has 0 spiro atoms. The summed E-state index contributed by atoms with van der Waals surface area (Å²) in [5.74, 6) is 1.55. The molecule has 1 aromatic rings. The average molecular weight is 467 g/mol. The Labute approximate surface area is 200 Å². The summed E-state index contributed by atoms with van der Waals surface area (Å²) in [4.78, 5) is 44.5. The van der Waals surface area contributed by atoms with Crippen molar-refractivity contribution in [2.45, 2.75) is 76.0 Å². The van der Waals surface area contributed by atoms with E-state index < -0.39 is 12.1 Å². The van der Waals surface area contributed by atoms with Crippen molar-refractivity contribution in [1.29, 1.82) is 0 Å². The number of carbonyl (C=O) groups is 3. The van der Waals surface area contributed by atoms with Gasteiger partial charge >= 0.3 is 6.03 Å². The van der Waals surface area contributed by atoms with Crippen molar-refractivity contribution in [3.8, 4) is 0 Å². The number of fused-ring (bicyclic) bond motifs is 6. The summed E-state index contributed by atoms with van der Waals surface area (Å²) < 4.78 is 5.28. The Morgan fingerprint density at radius 1 is 1.18 bits per heavy atom. The number of nitrogens with one attached hydrogen (secondary N) is 1. The van der Waals surface area contributed by atoms with Gasteiger partial charge in [-0.1, -0.05) is 18.1 Å². The van der Waals surface area contributed by atoms with E-state index in [4.69, 9.17) is 4.42 Å². The van der Waals surface area contributed by atoms with E-state index in [2.05, 4.69) is 21.2 Å². The highest BCUT2D eigenvalue weighted by Gasteiger charge is 2.47. The first-order chi connectivity index (χ1) is 16.6. The van der Waals surface area contributed by atoms with Gasteiger partial charge in [0.05, 0.1) is 18.8 Å². The summed E-state index contributed by atoms with van der Waals surface area (Å²) in [6, 6.07) is 3.32. The molecule has 1 aromatic heterocycles. The fourth-order valence-corrected chi connectivity index (χ4v) is 7.15. The lowest BCUT2D eigenvalue weighted by molar-refractivity contribution is -0.136. The highest BCUT2D eigenvalue weighted by Crippen LogP contribution is 2.45. The highest BCUT2D eigenvalue weighted by molar-refractivity contribution is 6.04. The van der Waals surface area contributed by atoms with Gasteiger partial charge in [-0.2, -0.15) is 0 Å². The first-order valence-electron chi connectivity index (χ1n) is 13.0. The second kappa shape index (κ2) is 8.87. The second-order valence-corrected chi connectivity index (χ2v) is 10.6. The van der Waals surface area contributed by atoms with Gasteiger partial charge in [0.15, 0.2) is 0 Å². The van der Waals surface area contributed by atoms with Crippen LogP contribution in [0.2, 0.25) is 0 Å². The zero-order valence-corrected chi connectivity index (χ0v) is 19.7. The molecular formula is C26H34N4O4. The third-order valence-electron chi connectivity index (χ3n) is 8.63. The van der Waals surface area contributed by atoms with Crippen molar-refractivity contribution < 1.29 is 18.8 Å². The van der Waals surface area contributed by atoms with Crippen LogP contribution in [0.5, 0.6) is 0 Å². The average Bonchev–Trinajstić information content (AvgIpc) is 3.46. The Bertz CT molecular complexity index is 989. The van der Waals surface area contributed by atoms with Crippen molar-refractivity contribution in [2.75, 3.05) is 19.6 Å². The second-order valence-electron chi connectivity index (χ2n) is 10.6. The van der Waals surface area contributed by atoms with Crippen LogP contribution in [0.3, 0.4) is 0 Å².